The van der Waals surface area contributed by atoms with E-state index in [1.54, 1.807) is 6.20 Å². The zero-order valence-electron chi connectivity index (χ0n) is 8.43. The highest BCUT2D eigenvalue weighted by atomic mass is 15.2. The van der Waals surface area contributed by atoms with Gasteiger partial charge in [0.05, 0.1) is 6.04 Å². The van der Waals surface area contributed by atoms with Gasteiger partial charge in [0.1, 0.15) is 0 Å². The van der Waals surface area contributed by atoms with Crippen molar-refractivity contribution in [2.45, 2.75) is 18.9 Å². The number of hydrogen-bond acceptors (Lipinski definition) is 2. The Morgan fingerprint density at radius 3 is 3.00 bits per heavy atom. The molecule has 1 atom stereocenters. The fraction of sp³-hybridized carbons (Fsp3) is 0.250. The van der Waals surface area contributed by atoms with Crippen molar-refractivity contribution < 1.29 is 0 Å². The quantitative estimate of drug-likeness (QED) is 0.763. The van der Waals surface area contributed by atoms with Crippen LogP contribution in [0.4, 0.5) is 5.95 Å². The first kappa shape index (κ1) is 8.53. The Morgan fingerprint density at radius 2 is 2.20 bits per heavy atom. The van der Waals surface area contributed by atoms with E-state index in [9.17, 15) is 0 Å². The third-order valence-electron chi connectivity index (χ3n) is 3.14. The Bertz CT molecular complexity index is 487. The predicted octanol–water partition coefficient (Wildman–Crippen LogP) is 2.00. The molecule has 76 valence electrons. The summed E-state index contributed by atoms with van der Waals surface area (Å²) in [6.07, 6.45) is 5.98. The minimum atomic E-state index is 0.378. The summed E-state index contributed by atoms with van der Waals surface area (Å²) in [5.74, 6) is 0.608. The van der Waals surface area contributed by atoms with E-state index in [1.165, 1.54) is 11.1 Å². The van der Waals surface area contributed by atoms with E-state index < -0.39 is 0 Å². The number of nitrogens with zero attached hydrogens (tertiary/aromatic N) is 2. The Labute approximate surface area is 88.6 Å². The number of fused-ring (bicyclic) bond motifs is 1. The van der Waals surface area contributed by atoms with Crippen molar-refractivity contribution in [3.8, 4) is 0 Å². The minimum absolute atomic E-state index is 0.378. The fourth-order valence-electron chi connectivity index (χ4n) is 2.41. The highest BCUT2D eigenvalue weighted by Gasteiger charge is 2.24. The number of rotatable bonds is 1. The number of anilines is 1. The molecule has 0 spiro atoms. The van der Waals surface area contributed by atoms with E-state index >= 15 is 0 Å². The molecule has 2 aromatic rings. The number of nitrogens with two attached hydrogens (primary N) is 1. The number of hydrogen-bond donors (Lipinski definition) is 1. The lowest BCUT2D eigenvalue weighted by Gasteiger charge is -2.14. The molecule has 0 fully saturated rings. The molecule has 15 heavy (non-hydrogen) atoms. The maximum Gasteiger partial charge on any atom is 0.200 e. The Kier molecular flexibility index (Phi) is 1.78. The highest BCUT2D eigenvalue weighted by Crippen LogP contribution is 2.34. The lowest BCUT2D eigenvalue weighted by atomic mass is 10.1. The Hall–Kier alpha value is -1.77. The third kappa shape index (κ3) is 1.23. The van der Waals surface area contributed by atoms with Crippen molar-refractivity contribution in [2.75, 3.05) is 5.73 Å². The first-order valence-corrected chi connectivity index (χ1v) is 5.22. The summed E-state index contributed by atoms with van der Waals surface area (Å²) in [7, 11) is 0. The molecule has 3 nitrogen and oxygen atoms in total. The molecule has 0 bridgehead atoms. The summed E-state index contributed by atoms with van der Waals surface area (Å²) >= 11 is 0. The predicted molar refractivity (Wildman–Crippen MR) is 59.5 cm³/mol. The summed E-state index contributed by atoms with van der Waals surface area (Å²) in [6, 6.07) is 8.95. The van der Waals surface area contributed by atoms with E-state index in [-0.39, 0.29) is 0 Å². The molecule has 1 aromatic carbocycles. The summed E-state index contributed by atoms with van der Waals surface area (Å²) < 4.78 is 2.06. The summed E-state index contributed by atoms with van der Waals surface area (Å²) in [5.41, 5.74) is 8.66. The van der Waals surface area contributed by atoms with Gasteiger partial charge in [-0.1, -0.05) is 24.3 Å². The van der Waals surface area contributed by atoms with Crippen LogP contribution in [0.5, 0.6) is 0 Å². The first-order chi connectivity index (χ1) is 7.36. The topological polar surface area (TPSA) is 43.8 Å². The first-order valence-electron chi connectivity index (χ1n) is 5.22. The van der Waals surface area contributed by atoms with Crippen molar-refractivity contribution in [2.24, 2.45) is 0 Å². The minimum Gasteiger partial charge on any atom is -0.369 e. The normalized spacial score (nSPS) is 19.1. The van der Waals surface area contributed by atoms with E-state index in [0.29, 0.717) is 12.0 Å². The van der Waals surface area contributed by atoms with Gasteiger partial charge in [0.15, 0.2) is 0 Å². The molecular weight excluding hydrogens is 186 g/mol. The molecule has 3 rings (SSSR count). The average Bonchev–Trinajstić information content (AvgIpc) is 2.83. The molecule has 1 heterocycles. The van der Waals surface area contributed by atoms with Crippen molar-refractivity contribution in [3.05, 3.63) is 47.8 Å². The molecule has 1 aliphatic carbocycles. The van der Waals surface area contributed by atoms with Crippen molar-refractivity contribution in [1.29, 1.82) is 0 Å². The van der Waals surface area contributed by atoms with Gasteiger partial charge in [-0.3, -0.25) is 0 Å². The summed E-state index contributed by atoms with van der Waals surface area (Å²) in [5, 5.41) is 0. The molecular formula is C12H13N3. The van der Waals surface area contributed by atoms with Crippen LogP contribution in [0, 0.1) is 0 Å². The van der Waals surface area contributed by atoms with E-state index in [4.69, 9.17) is 5.73 Å². The molecule has 2 N–H and O–H groups in total. The monoisotopic (exact) mass is 199 g/mol. The fourth-order valence-corrected chi connectivity index (χ4v) is 2.41. The standard InChI is InChI=1S/C12H13N3/c13-12-14-7-8-15(12)11-6-5-9-3-1-2-4-10(9)11/h1-4,7-8,11H,5-6H2,(H2,13,14). The lowest BCUT2D eigenvalue weighted by molar-refractivity contribution is 0.587. The van der Waals surface area contributed by atoms with Gasteiger partial charge in [0.2, 0.25) is 5.95 Å². The Balaban J connectivity index is 2.08. The van der Waals surface area contributed by atoms with Crippen LogP contribution < -0.4 is 5.73 Å². The maximum absolute atomic E-state index is 5.83. The van der Waals surface area contributed by atoms with Crippen LogP contribution in [-0.2, 0) is 6.42 Å². The molecule has 1 aromatic heterocycles. The SMILES string of the molecule is Nc1nccn1C1CCc2ccccc21. The smallest absolute Gasteiger partial charge is 0.200 e. The molecule has 0 saturated carbocycles. The number of aromatic nitrogens is 2. The van der Waals surface area contributed by atoms with Gasteiger partial charge >= 0.3 is 0 Å². The van der Waals surface area contributed by atoms with Gasteiger partial charge in [-0.2, -0.15) is 0 Å². The second-order valence-electron chi connectivity index (χ2n) is 3.95. The van der Waals surface area contributed by atoms with Crippen LogP contribution in [0.2, 0.25) is 0 Å². The molecule has 0 radical (unpaired) electrons. The van der Waals surface area contributed by atoms with Crippen LogP contribution >= 0.6 is 0 Å². The largest absolute Gasteiger partial charge is 0.369 e. The number of aryl methyl sites for hydroxylation is 1. The van der Waals surface area contributed by atoms with Gasteiger partial charge in [-0.05, 0) is 24.0 Å². The van der Waals surface area contributed by atoms with Crippen LogP contribution in [0.3, 0.4) is 0 Å². The summed E-state index contributed by atoms with van der Waals surface area (Å²) in [6.45, 7) is 0. The van der Waals surface area contributed by atoms with Gasteiger partial charge in [0, 0.05) is 12.4 Å². The zero-order chi connectivity index (χ0) is 10.3. The van der Waals surface area contributed by atoms with Gasteiger partial charge < -0.3 is 10.3 Å². The van der Waals surface area contributed by atoms with E-state index in [0.717, 1.165) is 12.8 Å². The maximum atomic E-state index is 5.83. The van der Waals surface area contributed by atoms with Crippen LogP contribution in [0.1, 0.15) is 23.6 Å². The van der Waals surface area contributed by atoms with Gasteiger partial charge in [-0.15, -0.1) is 0 Å². The summed E-state index contributed by atoms with van der Waals surface area (Å²) in [4.78, 5) is 4.07. The number of nitrogen functional groups attached to an aromatic ring is 1. The van der Waals surface area contributed by atoms with Gasteiger partial charge in [-0.25, -0.2) is 4.98 Å². The van der Waals surface area contributed by atoms with Crippen LogP contribution in [-0.4, -0.2) is 9.55 Å². The second kappa shape index (κ2) is 3.12. The molecule has 1 unspecified atom stereocenters. The number of imidazole rings is 1. The Morgan fingerprint density at radius 1 is 1.33 bits per heavy atom. The molecule has 3 heteroatoms. The van der Waals surface area contributed by atoms with Crippen molar-refractivity contribution in [1.82, 2.24) is 9.55 Å². The molecule has 1 aliphatic rings. The molecule has 0 amide bonds. The molecule has 0 aliphatic heterocycles. The number of benzene rings is 1. The van der Waals surface area contributed by atoms with Crippen molar-refractivity contribution in [3.63, 3.8) is 0 Å². The van der Waals surface area contributed by atoms with Gasteiger partial charge in [0.25, 0.3) is 0 Å². The second-order valence-corrected chi connectivity index (χ2v) is 3.95. The lowest BCUT2D eigenvalue weighted by Crippen LogP contribution is -2.09. The average molecular weight is 199 g/mol. The van der Waals surface area contributed by atoms with E-state index in [2.05, 4.69) is 33.8 Å². The van der Waals surface area contributed by atoms with Crippen LogP contribution in [0.15, 0.2) is 36.7 Å². The third-order valence-corrected chi connectivity index (χ3v) is 3.14. The van der Waals surface area contributed by atoms with Crippen LogP contribution in [0.25, 0.3) is 0 Å². The molecule has 0 saturated heterocycles. The van der Waals surface area contributed by atoms with Crippen molar-refractivity contribution >= 4 is 5.95 Å². The zero-order valence-corrected chi connectivity index (χ0v) is 8.43. The van der Waals surface area contributed by atoms with E-state index in [1.807, 2.05) is 6.20 Å². The highest BCUT2D eigenvalue weighted by molar-refractivity contribution is 5.37.